The Labute approximate surface area is 116 Å². The molecule has 19 heavy (non-hydrogen) atoms. The summed E-state index contributed by atoms with van der Waals surface area (Å²) in [4.78, 5) is 4.54. The normalized spacial score (nSPS) is 11.6. The van der Waals surface area contributed by atoms with Crippen molar-refractivity contribution in [1.82, 2.24) is 10.6 Å². The number of nitrogens with one attached hydrogen (secondary N) is 2. The van der Waals surface area contributed by atoms with Gasteiger partial charge in [-0.25, -0.2) is 0 Å². The second kappa shape index (κ2) is 9.25. The maximum absolute atomic E-state index is 5.29. The van der Waals surface area contributed by atoms with E-state index >= 15 is 0 Å². The van der Waals surface area contributed by atoms with E-state index in [0.29, 0.717) is 12.5 Å². The molecular formula is C15H25N3O. The standard InChI is InChI=1S/C15H25N3O/c1-4-9-16-15(17-10-7-13(2)3)18-11-8-14-6-5-12-19-14/h4-6,12-13H,1,7-11H2,2-3H3,(H2,16,17,18). The number of guanidine groups is 1. The number of hydrogen-bond donors (Lipinski definition) is 2. The van der Waals surface area contributed by atoms with Crippen molar-refractivity contribution in [1.29, 1.82) is 0 Å². The fourth-order valence-electron chi connectivity index (χ4n) is 1.54. The largest absolute Gasteiger partial charge is 0.469 e. The number of aliphatic imine (C=N–C) groups is 1. The van der Waals surface area contributed by atoms with Crippen LogP contribution in [0.2, 0.25) is 0 Å². The maximum Gasteiger partial charge on any atom is 0.191 e. The van der Waals surface area contributed by atoms with Gasteiger partial charge in [0.05, 0.1) is 6.26 Å². The first-order valence-corrected chi connectivity index (χ1v) is 6.88. The third-order valence-electron chi connectivity index (χ3n) is 2.63. The first-order chi connectivity index (χ1) is 9.22. The van der Waals surface area contributed by atoms with Crippen LogP contribution >= 0.6 is 0 Å². The Kier molecular flexibility index (Phi) is 7.47. The smallest absolute Gasteiger partial charge is 0.191 e. The van der Waals surface area contributed by atoms with Crippen LogP contribution in [0.15, 0.2) is 40.5 Å². The highest BCUT2D eigenvalue weighted by molar-refractivity contribution is 5.79. The summed E-state index contributed by atoms with van der Waals surface area (Å²) in [6.07, 6.45) is 5.47. The average molecular weight is 263 g/mol. The van der Waals surface area contributed by atoms with Gasteiger partial charge < -0.3 is 15.1 Å². The van der Waals surface area contributed by atoms with Crippen LogP contribution in [0.4, 0.5) is 0 Å². The van der Waals surface area contributed by atoms with Crippen molar-refractivity contribution in [2.24, 2.45) is 10.9 Å². The van der Waals surface area contributed by atoms with Crippen LogP contribution in [0.5, 0.6) is 0 Å². The lowest BCUT2D eigenvalue weighted by Gasteiger charge is -2.11. The number of nitrogens with zero attached hydrogens (tertiary/aromatic N) is 1. The summed E-state index contributed by atoms with van der Waals surface area (Å²) >= 11 is 0. The fraction of sp³-hybridized carbons (Fsp3) is 0.533. The van der Waals surface area contributed by atoms with Gasteiger partial charge in [-0.2, -0.15) is 0 Å². The third kappa shape index (κ3) is 7.34. The molecule has 0 unspecified atom stereocenters. The second-order valence-electron chi connectivity index (χ2n) is 4.84. The molecule has 0 fully saturated rings. The van der Waals surface area contributed by atoms with Crippen molar-refractivity contribution >= 4 is 5.96 Å². The highest BCUT2D eigenvalue weighted by atomic mass is 16.3. The van der Waals surface area contributed by atoms with Gasteiger partial charge in [0.15, 0.2) is 5.96 Å². The van der Waals surface area contributed by atoms with Crippen LogP contribution in [-0.2, 0) is 6.42 Å². The predicted molar refractivity (Wildman–Crippen MR) is 80.4 cm³/mol. The summed E-state index contributed by atoms with van der Waals surface area (Å²) in [7, 11) is 0. The molecule has 2 N–H and O–H groups in total. The van der Waals surface area contributed by atoms with Crippen molar-refractivity contribution in [3.05, 3.63) is 36.8 Å². The molecule has 1 aromatic rings. The van der Waals surface area contributed by atoms with Gasteiger partial charge in [-0.3, -0.25) is 4.99 Å². The van der Waals surface area contributed by atoms with E-state index in [1.807, 2.05) is 18.2 Å². The van der Waals surface area contributed by atoms with E-state index in [4.69, 9.17) is 4.42 Å². The molecule has 1 heterocycles. The lowest BCUT2D eigenvalue weighted by molar-refractivity contribution is 0.506. The van der Waals surface area contributed by atoms with Gasteiger partial charge in [0.2, 0.25) is 0 Å². The molecule has 0 aliphatic carbocycles. The first-order valence-electron chi connectivity index (χ1n) is 6.88. The predicted octanol–water partition coefficient (Wildman–Crippen LogP) is 2.59. The van der Waals surface area contributed by atoms with Gasteiger partial charge >= 0.3 is 0 Å². The Hall–Kier alpha value is -1.71. The average Bonchev–Trinajstić information content (AvgIpc) is 2.88. The number of hydrogen-bond acceptors (Lipinski definition) is 2. The summed E-state index contributed by atoms with van der Waals surface area (Å²) in [6, 6.07) is 3.89. The molecule has 4 nitrogen and oxygen atoms in total. The van der Waals surface area contributed by atoms with E-state index in [0.717, 1.165) is 37.7 Å². The van der Waals surface area contributed by atoms with E-state index in [1.165, 1.54) is 0 Å². The molecular weight excluding hydrogens is 238 g/mol. The van der Waals surface area contributed by atoms with Crippen molar-refractivity contribution in [2.45, 2.75) is 26.7 Å². The van der Waals surface area contributed by atoms with Gasteiger partial charge in [-0.05, 0) is 24.5 Å². The maximum atomic E-state index is 5.29. The Morgan fingerprint density at radius 3 is 2.95 bits per heavy atom. The fourth-order valence-corrected chi connectivity index (χ4v) is 1.54. The lowest BCUT2D eigenvalue weighted by Crippen LogP contribution is -2.38. The summed E-state index contributed by atoms with van der Waals surface area (Å²) < 4.78 is 5.29. The molecule has 0 aliphatic rings. The number of furan rings is 1. The minimum atomic E-state index is 0.674. The van der Waals surface area contributed by atoms with Crippen LogP contribution in [-0.4, -0.2) is 25.6 Å². The summed E-state index contributed by atoms with van der Waals surface area (Å²) in [6.45, 7) is 10.5. The summed E-state index contributed by atoms with van der Waals surface area (Å²) in [5, 5.41) is 6.51. The summed E-state index contributed by atoms with van der Waals surface area (Å²) in [5.74, 6) is 2.50. The molecule has 0 aromatic carbocycles. The zero-order valence-electron chi connectivity index (χ0n) is 12.0. The minimum Gasteiger partial charge on any atom is -0.469 e. The molecule has 0 radical (unpaired) electrons. The highest BCUT2D eigenvalue weighted by Gasteiger charge is 1.99. The zero-order chi connectivity index (χ0) is 13.9. The Bertz CT molecular complexity index is 369. The Morgan fingerprint density at radius 1 is 1.47 bits per heavy atom. The van der Waals surface area contributed by atoms with Crippen LogP contribution in [0.1, 0.15) is 26.0 Å². The third-order valence-corrected chi connectivity index (χ3v) is 2.63. The highest BCUT2D eigenvalue weighted by Crippen LogP contribution is 2.00. The molecule has 0 atom stereocenters. The van der Waals surface area contributed by atoms with Crippen molar-refractivity contribution in [3.8, 4) is 0 Å². The Balaban J connectivity index is 2.33. The van der Waals surface area contributed by atoms with Crippen molar-refractivity contribution < 1.29 is 4.42 Å². The molecule has 106 valence electrons. The van der Waals surface area contributed by atoms with Crippen LogP contribution in [0, 0.1) is 5.92 Å². The van der Waals surface area contributed by atoms with Crippen LogP contribution in [0.3, 0.4) is 0 Å². The molecule has 0 saturated carbocycles. The van der Waals surface area contributed by atoms with E-state index in [-0.39, 0.29) is 0 Å². The van der Waals surface area contributed by atoms with Crippen molar-refractivity contribution in [2.75, 3.05) is 19.6 Å². The van der Waals surface area contributed by atoms with Gasteiger partial charge in [0.25, 0.3) is 0 Å². The van der Waals surface area contributed by atoms with Crippen LogP contribution in [0.25, 0.3) is 0 Å². The monoisotopic (exact) mass is 263 g/mol. The van der Waals surface area contributed by atoms with E-state index in [1.54, 1.807) is 6.26 Å². The lowest BCUT2D eigenvalue weighted by atomic mass is 10.1. The van der Waals surface area contributed by atoms with Gasteiger partial charge in [-0.15, -0.1) is 6.58 Å². The number of rotatable bonds is 8. The molecule has 0 saturated heterocycles. The SMILES string of the molecule is C=CCNC(=NCCC(C)C)NCCc1ccco1. The van der Waals surface area contributed by atoms with E-state index in [9.17, 15) is 0 Å². The topological polar surface area (TPSA) is 49.6 Å². The quantitative estimate of drug-likeness (QED) is 0.430. The first kappa shape index (κ1) is 15.3. The van der Waals surface area contributed by atoms with Gasteiger partial charge in [0.1, 0.15) is 5.76 Å². The minimum absolute atomic E-state index is 0.674. The van der Waals surface area contributed by atoms with Gasteiger partial charge in [-0.1, -0.05) is 19.9 Å². The molecule has 0 spiro atoms. The van der Waals surface area contributed by atoms with Crippen LogP contribution < -0.4 is 10.6 Å². The van der Waals surface area contributed by atoms with Crippen molar-refractivity contribution in [3.63, 3.8) is 0 Å². The zero-order valence-corrected chi connectivity index (χ0v) is 12.0. The molecule has 0 amide bonds. The summed E-state index contributed by atoms with van der Waals surface area (Å²) in [5.41, 5.74) is 0. The Morgan fingerprint density at radius 2 is 2.32 bits per heavy atom. The molecule has 4 heteroatoms. The molecule has 1 aromatic heterocycles. The van der Waals surface area contributed by atoms with E-state index < -0.39 is 0 Å². The van der Waals surface area contributed by atoms with Gasteiger partial charge in [0, 0.05) is 26.1 Å². The molecule has 1 rings (SSSR count). The van der Waals surface area contributed by atoms with E-state index in [2.05, 4.69) is 36.1 Å². The second-order valence-corrected chi connectivity index (χ2v) is 4.84. The molecule has 0 aliphatic heterocycles. The molecule has 0 bridgehead atoms.